The number of nitrogens with one attached hydrogen (secondary N) is 1. The van der Waals surface area contributed by atoms with E-state index >= 15 is 0 Å². The van der Waals surface area contributed by atoms with Gasteiger partial charge in [0.05, 0.1) is 24.4 Å². The zero-order valence-corrected chi connectivity index (χ0v) is 9.66. The lowest BCUT2D eigenvalue weighted by atomic mass is 10.1. The molecular formula is C11H19N3O. The molecule has 2 heterocycles. The molecule has 0 aliphatic carbocycles. The molecule has 15 heavy (non-hydrogen) atoms. The van der Waals surface area contributed by atoms with E-state index in [-0.39, 0.29) is 5.54 Å². The number of aromatic nitrogens is 2. The Hall–Kier alpha value is -0.870. The maximum absolute atomic E-state index is 5.67. The van der Waals surface area contributed by atoms with Gasteiger partial charge in [0.1, 0.15) is 0 Å². The van der Waals surface area contributed by atoms with Crippen LogP contribution in [0.2, 0.25) is 0 Å². The Morgan fingerprint density at radius 3 is 2.73 bits per heavy atom. The molecule has 4 nitrogen and oxygen atoms in total. The molecule has 4 heteroatoms. The Bertz CT molecular complexity index is 323. The summed E-state index contributed by atoms with van der Waals surface area (Å²) in [6.45, 7) is 9.05. The van der Waals surface area contributed by atoms with Crippen LogP contribution in [0.1, 0.15) is 26.3 Å². The van der Waals surface area contributed by atoms with Crippen LogP contribution < -0.4 is 5.32 Å². The summed E-state index contributed by atoms with van der Waals surface area (Å²) in [5.74, 6) is 0. The van der Waals surface area contributed by atoms with Crippen molar-refractivity contribution in [2.24, 2.45) is 0 Å². The van der Waals surface area contributed by atoms with Crippen molar-refractivity contribution < 1.29 is 4.74 Å². The number of rotatable bonds is 3. The molecular weight excluding hydrogens is 190 g/mol. The van der Waals surface area contributed by atoms with Crippen molar-refractivity contribution in [1.82, 2.24) is 15.1 Å². The summed E-state index contributed by atoms with van der Waals surface area (Å²) in [6.07, 6.45) is 4.34. The van der Waals surface area contributed by atoms with Crippen molar-refractivity contribution in [1.29, 1.82) is 0 Å². The third-order valence-electron chi connectivity index (χ3n) is 2.55. The number of ether oxygens (including phenoxy) is 1. The van der Waals surface area contributed by atoms with E-state index in [1.165, 1.54) is 0 Å². The summed E-state index contributed by atoms with van der Waals surface area (Å²) in [6, 6.07) is 0. The fourth-order valence-electron chi connectivity index (χ4n) is 1.40. The molecule has 1 N–H and O–H groups in total. The molecule has 0 bridgehead atoms. The highest BCUT2D eigenvalue weighted by Gasteiger charge is 2.18. The quantitative estimate of drug-likeness (QED) is 0.811. The average Bonchev–Trinajstić information content (AvgIpc) is 2.48. The van der Waals surface area contributed by atoms with Gasteiger partial charge >= 0.3 is 0 Å². The van der Waals surface area contributed by atoms with Gasteiger partial charge in [0.2, 0.25) is 0 Å². The predicted molar refractivity (Wildman–Crippen MR) is 58.7 cm³/mol. The normalized spacial score (nSPS) is 17.8. The van der Waals surface area contributed by atoms with Gasteiger partial charge in [-0.3, -0.25) is 4.68 Å². The highest BCUT2D eigenvalue weighted by atomic mass is 16.5. The van der Waals surface area contributed by atoms with E-state index in [1.807, 2.05) is 10.9 Å². The third-order valence-corrected chi connectivity index (χ3v) is 2.55. The largest absolute Gasteiger partial charge is 0.371 e. The van der Waals surface area contributed by atoms with Gasteiger partial charge in [0.25, 0.3) is 0 Å². The molecule has 1 aliphatic heterocycles. The van der Waals surface area contributed by atoms with Crippen LogP contribution in [0, 0.1) is 0 Å². The topological polar surface area (TPSA) is 39.1 Å². The molecule has 0 unspecified atom stereocenters. The molecule has 1 aromatic heterocycles. The molecule has 1 aromatic rings. The second-order valence-electron chi connectivity index (χ2n) is 5.06. The molecule has 0 saturated carbocycles. The first kappa shape index (κ1) is 10.6. The molecule has 0 atom stereocenters. The van der Waals surface area contributed by atoms with Gasteiger partial charge in [-0.1, -0.05) is 0 Å². The minimum atomic E-state index is 0.0519. The zero-order chi connectivity index (χ0) is 10.9. The summed E-state index contributed by atoms with van der Waals surface area (Å²) in [4.78, 5) is 0. The molecule has 1 aliphatic rings. The monoisotopic (exact) mass is 209 g/mol. The van der Waals surface area contributed by atoms with Gasteiger partial charge in [0, 0.05) is 24.8 Å². The first-order valence-electron chi connectivity index (χ1n) is 5.42. The molecule has 2 rings (SSSR count). The van der Waals surface area contributed by atoms with Gasteiger partial charge in [-0.2, -0.15) is 5.10 Å². The van der Waals surface area contributed by atoms with Crippen molar-refractivity contribution >= 4 is 0 Å². The molecule has 0 aromatic carbocycles. The standard InChI is InChI=1S/C11H19N3O/c1-11(2,3)14-7-9(4-13-14)8-15-10-5-12-6-10/h4,7,10,12H,5-6,8H2,1-3H3. The SMILES string of the molecule is CC(C)(C)n1cc(COC2CNC2)cn1. The summed E-state index contributed by atoms with van der Waals surface area (Å²) >= 11 is 0. The van der Waals surface area contributed by atoms with Crippen LogP contribution in [0.25, 0.3) is 0 Å². The Kier molecular flexibility index (Phi) is 2.80. The van der Waals surface area contributed by atoms with E-state index in [4.69, 9.17) is 4.74 Å². The highest BCUT2D eigenvalue weighted by molar-refractivity contribution is 5.03. The minimum absolute atomic E-state index is 0.0519. The van der Waals surface area contributed by atoms with Gasteiger partial charge < -0.3 is 10.1 Å². The van der Waals surface area contributed by atoms with Crippen LogP contribution in [-0.2, 0) is 16.9 Å². The second kappa shape index (κ2) is 3.94. The number of hydrogen-bond acceptors (Lipinski definition) is 3. The summed E-state index contributed by atoms with van der Waals surface area (Å²) < 4.78 is 7.65. The lowest BCUT2D eigenvalue weighted by molar-refractivity contribution is 0.00752. The van der Waals surface area contributed by atoms with Gasteiger partial charge in [0.15, 0.2) is 0 Å². The average molecular weight is 209 g/mol. The van der Waals surface area contributed by atoms with Crippen LogP contribution in [0.5, 0.6) is 0 Å². The molecule has 84 valence electrons. The zero-order valence-electron chi connectivity index (χ0n) is 9.66. The Morgan fingerprint density at radius 2 is 2.27 bits per heavy atom. The van der Waals surface area contributed by atoms with Crippen molar-refractivity contribution in [2.75, 3.05) is 13.1 Å². The van der Waals surface area contributed by atoms with E-state index in [9.17, 15) is 0 Å². The van der Waals surface area contributed by atoms with Crippen LogP contribution in [-0.4, -0.2) is 29.0 Å². The lowest BCUT2D eigenvalue weighted by Gasteiger charge is -2.26. The van der Waals surface area contributed by atoms with Crippen molar-refractivity contribution in [3.8, 4) is 0 Å². The molecule has 0 radical (unpaired) electrons. The van der Waals surface area contributed by atoms with Crippen molar-refractivity contribution in [3.05, 3.63) is 18.0 Å². The molecule has 0 amide bonds. The third kappa shape index (κ3) is 2.58. The first-order chi connectivity index (χ1) is 7.05. The van der Waals surface area contributed by atoms with Crippen LogP contribution >= 0.6 is 0 Å². The van der Waals surface area contributed by atoms with Crippen molar-refractivity contribution in [2.45, 2.75) is 39.0 Å². The van der Waals surface area contributed by atoms with E-state index in [0.29, 0.717) is 12.7 Å². The van der Waals surface area contributed by atoms with Gasteiger partial charge in [-0.25, -0.2) is 0 Å². The fourth-order valence-corrected chi connectivity index (χ4v) is 1.40. The maximum atomic E-state index is 5.67. The highest BCUT2D eigenvalue weighted by Crippen LogP contribution is 2.14. The van der Waals surface area contributed by atoms with E-state index in [1.54, 1.807) is 0 Å². The summed E-state index contributed by atoms with van der Waals surface area (Å²) in [5, 5.41) is 7.51. The summed E-state index contributed by atoms with van der Waals surface area (Å²) in [5.41, 5.74) is 1.20. The Morgan fingerprint density at radius 1 is 1.53 bits per heavy atom. The fraction of sp³-hybridized carbons (Fsp3) is 0.727. The van der Waals surface area contributed by atoms with E-state index in [0.717, 1.165) is 18.7 Å². The van der Waals surface area contributed by atoms with Crippen LogP contribution in [0.15, 0.2) is 12.4 Å². The molecule has 1 fully saturated rings. The number of hydrogen-bond donors (Lipinski definition) is 1. The van der Waals surface area contributed by atoms with E-state index < -0.39 is 0 Å². The molecule has 1 saturated heterocycles. The first-order valence-corrected chi connectivity index (χ1v) is 5.42. The number of nitrogens with zero attached hydrogens (tertiary/aromatic N) is 2. The Labute approximate surface area is 90.6 Å². The van der Waals surface area contributed by atoms with Crippen molar-refractivity contribution in [3.63, 3.8) is 0 Å². The smallest absolute Gasteiger partial charge is 0.0828 e. The minimum Gasteiger partial charge on any atom is -0.371 e. The van der Waals surface area contributed by atoms with Gasteiger partial charge in [-0.15, -0.1) is 0 Å². The maximum Gasteiger partial charge on any atom is 0.0828 e. The predicted octanol–water partition coefficient (Wildman–Crippen LogP) is 1.13. The van der Waals surface area contributed by atoms with E-state index in [2.05, 4.69) is 37.4 Å². The summed E-state index contributed by atoms with van der Waals surface area (Å²) in [7, 11) is 0. The molecule has 0 spiro atoms. The lowest BCUT2D eigenvalue weighted by Crippen LogP contribution is -2.48. The van der Waals surface area contributed by atoms with Gasteiger partial charge in [-0.05, 0) is 20.8 Å². The van der Waals surface area contributed by atoms with Crippen LogP contribution in [0.4, 0.5) is 0 Å². The van der Waals surface area contributed by atoms with Crippen LogP contribution in [0.3, 0.4) is 0 Å². The Balaban J connectivity index is 1.89. The second-order valence-corrected chi connectivity index (χ2v) is 5.06.